The summed E-state index contributed by atoms with van der Waals surface area (Å²) in [5.41, 5.74) is 2.52. The average Bonchev–Trinajstić information content (AvgIpc) is 2.89. The zero-order valence-corrected chi connectivity index (χ0v) is 16.1. The van der Waals surface area contributed by atoms with E-state index in [0.29, 0.717) is 6.54 Å². The van der Waals surface area contributed by atoms with Crippen molar-refractivity contribution in [3.05, 3.63) is 22.2 Å². The quantitative estimate of drug-likeness (QED) is 0.730. The lowest BCUT2D eigenvalue weighted by atomic mass is 10.1. The van der Waals surface area contributed by atoms with E-state index in [4.69, 9.17) is 4.74 Å². The van der Waals surface area contributed by atoms with Crippen molar-refractivity contribution >= 4 is 33.1 Å². The van der Waals surface area contributed by atoms with Crippen LogP contribution in [0.5, 0.6) is 0 Å². The normalized spacial score (nSPS) is 18.9. The molecule has 0 N–H and O–H groups in total. The van der Waals surface area contributed by atoms with Gasteiger partial charge < -0.3 is 9.64 Å². The molecule has 1 saturated heterocycles. The Hall–Kier alpha value is -1.63. The Morgan fingerprint density at radius 3 is 2.83 bits per heavy atom. The van der Waals surface area contributed by atoms with Crippen LogP contribution in [0.2, 0.25) is 0 Å². The lowest BCUT2D eigenvalue weighted by molar-refractivity contribution is 0.0168. The first kappa shape index (κ1) is 17.2. The number of fused-ring (bicyclic) bond motifs is 1. The number of hydrogen-bond acceptors (Lipinski definition) is 4. The third kappa shape index (κ3) is 3.55. The van der Waals surface area contributed by atoms with Gasteiger partial charge in [0, 0.05) is 17.6 Å². The zero-order valence-electron chi connectivity index (χ0n) is 14.5. The number of halogens is 1. The summed E-state index contributed by atoms with van der Waals surface area (Å²) in [4.78, 5) is 14.1. The Bertz CT molecular complexity index is 766. The number of aryl methyl sites for hydroxylation is 1. The van der Waals surface area contributed by atoms with Crippen molar-refractivity contribution in [2.75, 3.05) is 13.1 Å². The maximum Gasteiger partial charge on any atom is 0.410 e. The molecule has 3 rings (SSSR count). The van der Waals surface area contributed by atoms with E-state index in [9.17, 15) is 4.79 Å². The number of aromatic nitrogens is 3. The molecule has 2 aromatic rings. The number of benzene rings is 1. The van der Waals surface area contributed by atoms with E-state index in [-0.39, 0.29) is 12.1 Å². The molecule has 1 aromatic carbocycles. The molecular formula is C17H23BrN4O2. The van der Waals surface area contributed by atoms with E-state index in [1.54, 1.807) is 4.90 Å². The predicted octanol–water partition coefficient (Wildman–Crippen LogP) is 4.07. The number of carbonyl (C=O) groups excluding carboxylic acids is 1. The van der Waals surface area contributed by atoms with Gasteiger partial charge in [-0.15, -0.1) is 5.10 Å². The van der Waals surface area contributed by atoms with E-state index in [0.717, 1.165) is 40.5 Å². The first-order valence-corrected chi connectivity index (χ1v) is 9.03. The molecule has 2 heterocycles. The summed E-state index contributed by atoms with van der Waals surface area (Å²) in [6.45, 7) is 9.01. The number of likely N-dealkylation sites (tertiary alicyclic amines) is 1. The van der Waals surface area contributed by atoms with Gasteiger partial charge in [-0.3, -0.25) is 0 Å². The molecular weight excluding hydrogens is 372 g/mol. The molecule has 130 valence electrons. The highest BCUT2D eigenvalue weighted by molar-refractivity contribution is 9.10. The molecule has 1 aromatic heterocycles. The number of nitrogens with zero attached hydrogens (tertiary/aromatic N) is 4. The fourth-order valence-corrected chi connectivity index (χ4v) is 3.31. The Kier molecular flexibility index (Phi) is 4.55. The summed E-state index contributed by atoms with van der Waals surface area (Å²) < 4.78 is 8.48. The average molecular weight is 395 g/mol. The lowest BCUT2D eigenvalue weighted by Crippen LogP contribution is -2.43. The van der Waals surface area contributed by atoms with Crippen molar-refractivity contribution in [1.29, 1.82) is 0 Å². The van der Waals surface area contributed by atoms with E-state index < -0.39 is 5.60 Å². The van der Waals surface area contributed by atoms with Gasteiger partial charge in [0.25, 0.3) is 0 Å². The number of piperidine rings is 1. The minimum Gasteiger partial charge on any atom is -0.444 e. The molecule has 24 heavy (non-hydrogen) atoms. The van der Waals surface area contributed by atoms with E-state index >= 15 is 0 Å². The number of rotatable bonds is 1. The highest BCUT2D eigenvalue weighted by Gasteiger charge is 2.29. The molecule has 1 atom stereocenters. The Morgan fingerprint density at radius 1 is 1.38 bits per heavy atom. The smallest absolute Gasteiger partial charge is 0.410 e. The highest BCUT2D eigenvalue weighted by atomic mass is 79.9. The molecule has 1 aliphatic rings. The minimum absolute atomic E-state index is 0.117. The fourth-order valence-electron chi connectivity index (χ4n) is 2.98. The lowest BCUT2D eigenvalue weighted by Gasteiger charge is -2.34. The molecule has 0 saturated carbocycles. The molecule has 1 aliphatic heterocycles. The van der Waals surface area contributed by atoms with Gasteiger partial charge in [-0.2, -0.15) is 0 Å². The van der Waals surface area contributed by atoms with Crippen molar-refractivity contribution in [2.24, 2.45) is 0 Å². The molecule has 0 radical (unpaired) electrons. The van der Waals surface area contributed by atoms with Gasteiger partial charge in [0.1, 0.15) is 11.1 Å². The number of amides is 1. The van der Waals surface area contributed by atoms with Crippen LogP contribution in [-0.2, 0) is 4.74 Å². The van der Waals surface area contributed by atoms with Crippen LogP contribution >= 0.6 is 15.9 Å². The third-order valence-corrected chi connectivity index (χ3v) is 5.00. The summed E-state index contributed by atoms with van der Waals surface area (Å²) in [5, 5.41) is 8.62. The standard InChI is InChI=1S/C17H23BrN4O2/c1-11-8-14-15(9-13(11)18)22(20-19-14)12-6-5-7-21(10-12)16(23)24-17(2,3)4/h8-9,12H,5-7,10H2,1-4H3. The van der Waals surface area contributed by atoms with Crippen LogP contribution in [-0.4, -0.2) is 44.7 Å². The summed E-state index contributed by atoms with van der Waals surface area (Å²) >= 11 is 3.57. The zero-order chi connectivity index (χ0) is 17.5. The van der Waals surface area contributed by atoms with Gasteiger partial charge in [-0.25, -0.2) is 9.48 Å². The van der Waals surface area contributed by atoms with Gasteiger partial charge in [-0.1, -0.05) is 21.1 Å². The van der Waals surface area contributed by atoms with Crippen LogP contribution in [0.3, 0.4) is 0 Å². The van der Waals surface area contributed by atoms with Crippen LogP contribution in [0.15, 0.2) is 16.6 Å². The van der Waals surface area contributed by atoms with Crippen LogP contribution in [0, 0.1) is 6.92 Å². The predicted molar refractivity (Wildman–Crippen MR) is 96.0 cm³/mol. The molecule has 6 nitrogen and oxygen atoms in total. The minimum atomic E-state index is -0.480. The van der Waals surface area contributed by atoms with E-state index in [1.807, 2.05) is 38.4 Å². The summed E-state index contributed by atoms with van der Waals surface area (Å²) in [6, 6.07) is 4.19. The van der Waals surface area contributed by atoms with Gasteiger partial charge in [0.15, 0.2) is 0 Å². The molecule has 0 spiro atoms. The van der Waals surface area contributed by atoms with Gasteiger partial charge >= 0.3 is 6.09 Å². The van der Waals surface area contributed by atoms with Crippen molar-refractivity contribution < 1.29 is 9.53 Å². The Balaban J connectivity index is 1.82. The maximum atomic E-state index is 12.3. The number of hydrogen-bond donors (Lipinski definition) is 0. The van der Waals surface area contributed by atoms with Crippen LogP contribution in [0.25, 0.3) is 11.0 Å². The van der Waals surface area contributed by atoms with Crippen LogP contribution in [0.1, 0.15) is 45.2 Å². The molecule has 0 aliphatic carbocycles. The molecule has 1 amide bonds. The van der Waals surface area contributed by atoms with Crippen LogP contribution < -0.4 is 0 Å². The monoisotopic (exact) mass is 394 g/mol. The topological polar surface area (TPSA) is 60.2 Å². The second kappa shape index (κ2) is 6.35. The van der Waals surface area contributed by atoms with Crippen molar-refractivity contribution in [3.63, 3.8) is 0 Å². The van der Waals surface area contributed by atoms with Gasteiger partial charge in [0.2, 0.25) is 0 Å². The number of ether oxygens (including phenoxy) is 1. The van der Waals surface area contributed by atoms with Gasteiger partial charge in [0.05, 0.1) is 11.6 Å². The molecule has 0 bridgehead atoms. The molecule has 7 heteroatoms. The molecule has 1 fully saturated rings. The maximum absolute atomic E-state index is 12.3. The second-order valence-corrected chi connectivity index (χ2v) is 8.20. The van der Waals surface area contributed by atoms with Crippen molar-refractivity contribution in [1.82, 2.24) is 19.9 Å². The van der Waals surface area contributed by atoms with Crippen molar-refractivity contribution in [2.45, 2.75) is 52.2 Å². The number of carbonyl (C=O) groups is 1. The van der Waals surface area contributed by atoms with Crippen molar-refractivity contribution in [3.8, 4) is 0 Å². The highest BCUT2D eigenvalue weighted by Crippen LogP contribution is 2.28. The summed E-state index contributed by atoms with van der Waals surface area (Å²) in [5.74, 6) is 0. The van der Waals surface area contributed by atoms with Crippen LogP contribution in [0.4, 0.5) is 4.79 Å². The summed E-state index contributed by atoms with van der Waals surface area (Å²) in [7, 11) is 0. The largest absolute Gasteiger partial charge is 0.444 e. The Morgan fingerprint density at radius 2 is 2.12 bits per heavy atom. The SMILES string of the molecule is Cc1cc2nnn(C3CCCN(C(=O)OC(C)(C)C)C3)c2cc1Br. The second-order valence-electron chi connectivity index (χ2n) is 7.35. The summed E-state index contributed by atoms with van der Waals surface area (Å²) in [6.07, 6.45) is 1.65. The fraction of sp³-hybridized carbons (Fsp3) is 0.588. The third-order valence-electron chi connectivity index (χ3n) is 4.15. The van der Waals surface area contributed by atoms with Gasteiger partial charge in [-0.05, 0) is 58.2 Å². The van der Waals surface area contributed by atoms with E-state index in [2.05, 4.69) is 32.3 Å². The first-order chi connectivity index (χ1) is 11.2. The first-order valence-electron chi connectivity index (χ1n) is 8.23. The van der Waals surface area contributed by atoms with E-state index in [1.165, 1.54) is 0 Å². The Labute approximate surface area is 150 Å². The molecule has 1 unspecified atom stereocenters.